The van der Waals surface area contributed by atoms with Crippen LogP contribution >= 0.6 is 0 Å². The van der Waals surface area contributed by atoms with Gasteiger partial charge >= 0.3 is 11.9 Å². The van der Waals surface area contributed by atoms with Crippen LogP contribution in [-0.4, -0.2) is 45.1 Å². The first-order valence-corrected chi connectivity index (χ1v) is 8.97. The zero-order valence-corrected chi connectivity index (χ0v) is 17.3. The van der Waals surface area contributed by atoms with Gasteiger partial charge in [-0.3, -0.25) is 0 Å². The van der Waals surface area contributed by atoms with E-state index in [0.717, 1.165) is 0 Å². The third kappa shape index (κ3) is 11.3. The number of ether oxygens (including phenoxy) is 2. The number of esters is 2. The number of anilines is 2. The van der Waals surface area contributed by atoms with Crippen LogP contribution < -0.4 is 11.5 Å². The fourth-order valence-electron chi connectivity index (χ4n) is 1.31. The standard InChI is InChI=1S/2C7H9N3O2.2C2H6/c1-2-12-7(11)5-3-10-6(8)4-9-5;1-2-12-6(11)5-3-9-7(8)10-4-5;2*1-2/h3-4H,2H2,1H3,(H2,8,10);3-4H,2H2,1H3,(H2,8,9,10);2*1-2H3. The van der Waals surface area contributed by atoms with Gasteiger partial charge in [0.25, 0.3) is 0 Å². The molecule has 0 spiro atoms. The molecule has 0 aliphatic carbocycles. The third-order valence-electron chi connectivity index (χ3n) is 2.34. The van der Waals surface area contributed by atoms with Gasteiger partial charge in [-0.2, -0.15) is 0 Å². The van der Waals surface area contributed by atoms with Gasteiger partial charge in [0.05, 0.1) is 31.2 Å². The Morgan fingerprint density at radius 3 is 1.71 bits per heavy atom. The van der Waals surface area contributed by atoms with Crippen molar-refractivity contribution < 1.29 is 19.1 Å². The highest BCUT2D eigenvalue weighted by Gasteiger charge is 2.07. The molecule has 0 saturated heterocycles. The molecule has 10 heteroatoms. The highest BCUT2D eigenvalue weighted by atomic mass is 16.5. The fourth-order valence-corrected chi connectivity index (χ4v) is 1.31. The second kappa shape index (κ2) is 17.1. The van der Waals surface area contributed by atoms with Crippen LogP contribution in [0, 0.1) is 0 Å². The van der Waals surface area contributed by atoms with E-state index in [0.29, 0.717) is 18.8 Å². The fraction of sp³-hybridized carbons (Fsp3) is 0.444. The molecule has 0 fully saturated rings. The molecule has 0 unspecified atom stereocenters. The maximum absolute atomic E-state index is 11.0. The van der Waals surface area contributed by atoms with E-state index in [1.54, 1.807) is 13.8 Å². The van der Waals surface area contributed by atoms with Crippen LogP contribution in [0.2, 0.25) is 0 Å². The van der Waals surface area contributed by atoms with Crippen LogP contribution in [0.25, 0.3) is 0 Å². The van der Waals surface area contributed by atoms with E-state index in [4.69, 9.17) is 16.2 Å². The largest absolute Gasteiger partial charge is 0.462 e. The summed E-state index contributed by atoms with van der Waals surface area (Å²) in [6.45, 7) is 12.1. The van der Waals surface area contributed by atoms with Crippen molar-refractivity contribution in [2.75, 3.05) is 24.7 Å². The summed E-state index contributed by atoms with van der Waals surface area (Å²) in [5.74, 6) is -0.492. The van der Waals surface area contributed by atoms with Crippen molar-refractivity contribution in [1.82, 2.24) is 19.9 Å². The maximum Gasteiger partial charge on any atom is 0.358 e. The van der Waals surface area contributed by atoms with Gasteiger partial charge in [0.15, 0.2) is 5.69 Å². The van der Waals surface area contributed by atoms with Crippen LogP contribution in [0.5, 0.6) is 0 Å². The number of nitrogens with zero attached hydrogens (tertiary/aromatic N) is 4. The maximum atomic E-state index is 11.0. The lowest BCUT2D eigenvalue weighted by atomic mass is 10.3. The first-order chi connectivity index (χ1) is 13.5. The van der Waals surface area contributed by atoms with Crippen molar-refractivity contribution in [3.63, 3.8) is 0 Å². The van der Waals surface area contributed by atoms with Gasteiger partial charge in [-0.05, 0) is 13.8 Å². The Bertz CT molecular complexity index is 603. The SMILES string of the molecule is CC.CC.CCOC(=O)c1cnc(N)cn1.CCOC(=O)c1cnc(N)nc1. The predicted octanol–water partition coefficient (Wildman–Crippen LogP) is 2.52. The highest BCUT2D eigenvalue weighted by molar-refractivity contribution is 5.88. The number of rotatable bonds is 4. The zero-order valence-electron chi connectivity index (χ0n) is 17.3. The summed E-state index contributed by atoms with van der Waals surface area (Å²) in [6.07, 6.45) is 5.26. The quantitative estimate of drug-likeness (QED) is 0.738. The number of nitrogens with two attached hydrogens (primary N) is 2. The third-order valence-corrected chi connectivity index (χ3v) is 2.34. The van der Waals surface area contributed by atoms with Crippen LogP contribution in [0.1, 0.15) is 62.4 Å². The van der Waals surface area contributed by atoms with E-state index in [1.807, 2.05) is 27.7 Å². The van der Waals surface area contributed by atoms with Gasteiger partial charge < -0.3 is 20.9 Å². The van der Waals surface area contributed by atoms with Crippen LogP contribution in [-0.2, 0) is 9.47 Å². The first-order valence-electron chi connectivity index (χ1n) is 8.97. The molecule has 0 bridgehead atoms. The second-order valence-electron chi connectivity index (χ2n) is 4.10. The molecule has 0 aromatic carbocycles. The topological polar surface area (TPSA) is 156 Å². The minimum absolute atomic E-state index is 0.142. The van der Waals surface area contributed by atoms with E-state index in [2.05, 4.69) is 24.7 Å². The number of carbonyl (C=O) groups excluding carboxylic acids is 2. The summed E-state index contributed by atoms with van der Waals surface area (Å²) in [7, 11) is 0. The smallest absolute Gasteiger partial charge is 0.358 e. The monoisotopic (exact) mass is 394 g/mol. The Balaban J connectivity index is 0. The van der Waals surface area contributed by atoms with Crippen LogP contribution in [0.3, 0.4) is 0 Å². The zero-order chi connectivity index (χ0) is 21.9. The summed E-state index contributed by atoms with van der Waals surface area (Å²) in [5, 5.41) is 0. The van der Waals surface area contributed by atoms with Crippen molar-refractivity contribution in [2.24, 2.45) is 0 Å². The molecule has 156 valence electrons. The Morgan fingerprint density at radius 1 is 0.786 bits per heavy atom. The Hall–Kier alpha value is -3.30. The van der Waals surface area contributed by atoms with Crippen molar-refractivity contribution in [3.05, 3.63) is 36.0 Å². The molecule has 2 aromatic rings. The van der Waals surface area contributed by atoms with Crippen LogP contribution in [0.15, 0.2) is 24.8 Å². The summed E-state index contributed by atoms with van der Waals surface area (Å²) >= 11 is 0. The Labute approximate surface area is 165 Å². The van der Waals surface area contributed by atoms with E-state index in [-0.39, 0.29) is 17.5 Å². The van der Waals surface area contributed by atoms with Crippen LogP contribution in [0.4, 0.5) is 11.8 Å². The van der Waals surface area contributed by atoms with Gasteiger partial charge in [-0.15, -0.1) is 0 Å². The minimum Gasteiger partial charge on any atom is -0.462 e. The molecule has 0 amide bonds. The predicted molar refractivity (Wildman–Crippen MR) is 107 cm³/mol. The molecule has 4 N–H and O–H groups in total. The molecule has 0 aliphatic rings. The number of aromatic nitrogens is 4. The minimum atomic E-state index is -0.481. The van der Waals surface area contributed by atoms with Gasteiger partial charge in [0.2, 0.25) is 5.95 Å². The molecular formula is C18H30N6O4. The average Bonchev–Trinajstić information content (AvgIpc) is 2.73. The van der Waals surface area contributed by atoms with Crippen molar-refractivity contribution in [3.8, 4) is 0 Å². The Kier molecular flexibility index (Phi) is 16.5. The lowest BCUT2D eigenvalue weighted by Gasteiger charge is -1.99. The lowest BCUT2D eigenvalue weighted by Crippen LogP contribution is -2.07. The Morgan fingerprint density at radius 2 is 1.29 bits per heavy atom. The van der Waals surface area contributed by atoms with E-state index in [1.165, 1.54) is 24.8 Å². The number of hydrogen-bond donors (Lipinski definition) is 2. The summed E-state index contributed by atoms with van der Waals surface area (Å²) < 4.78 is 9.39. The van der Waals surface area contributed by atoms with Gasteiger partial charge in [0.1, 0.15) is 5.82 Å². The molecule has 28 heavy (non-hydrogen) atoms. The van der Waals surface area contributed by atoms with Crippen molar-refractivity contribution >= 4 is 23.7 Å². The van der Waals surface area contributed by atoms with E-state index in [9.17, 15) is 9.59 Å². The molecule has 10 nitrogen and oxygen atoms in total. The molecular weight excluding hydrogens is 364 g/mol. The number of nitrogen functional groups attached to an aromatic ring is 2. The van der Waals surface area contributed by atoms with E-state index >= 15 is 0 Å². The summed E-state index contributed by atoms with van der Waals surface area (Å²) in [5.41, 5.74) is 11.0. The molecule has 2 aromatic heterocycles. The molecule has 0 radical (unpaired) electrons. The van der Waals surface area contributed by atoms with Crippen molar-refractivity contribution in [1.29, 1.82) is 0 Å². The van der Waals surface area contributed by atoms with E-state index < -0.39 is 11.9 Å². The summed E-state index contributed by atoms with van der Waals surface area (Å²) in [4.78, 5) is 36.7. The molecule has 0 saturated carbocycles. The summed E-state index contributed by atoms with van der Waals surface area (Å²) in [6, 6.07) is 0. The lowest BCUT2D eigenvalue weighted by molar-refractivity contribution is 0.0512. The molecule has 2 rings (SSSR count). The van der Waals surface area contributed by atoms with Gasteiger partial charge in [0, 0.05) is 12.4 Å². The van der Waals surface area contributed by atoms with Gasteiger partial charge in [-0.25, -0.2) is 29.5 Å². The van der Waals surface area contributed by atoms with Gasteiger partial charge in [-0.1, -0.05) is 27.7 Å². The second-order valence-corrected chi connectivity index (χ2v) is 4.10. The number of carbonyl (C=O) groups is 2. The first kappa shape index (κ1) is 26.9. The average molecular weight is 394 g/mol. The molecule has 0 atom stereocenters. The molecule has 2 heterocycles. The van der Waals surface area contributed by atoms with Crippen molar-refractivity contribution in [2.45, 2.75) is 41.5 Å². The number of hydrogen-bond acceptors (Lipinski definition) is 10. The highest BCUT2D eigenvalue weighted by Crippen LogP contribution is 1.99. The normalized spacial score (nSPS) is 8.50. The molecule has 0 aliphatic heterocycles.